The molecule has 3 aromatic carbocycles. The Bertz CT molecular complexity index is 1560. The van der Waals surface area contributed by atoms with Crippen molar-refractivity contribution in [2.24, 2.45) is 0 Å². The maximum Gasteiger partial charge on any atom is 0.282 e. The number of rotatable bonds is 10. The Kier molecular flexibility index (Phi) is 10.2. The van der Waals surface area contributed by atoms with Gasteiger partial charge in [0.15, 0.2) is 11.6 Å². The minimum atomic E-state index is -4.49. The Morgan fingerprint density at radius 2 is 1.85 bits per heavy atom. The molecule has 0 radical (unpaired) electrons. The van der Waals surface area contributed by atoms with Crippen molar-refractivity contribution in [1.82, 2.24) is 3.82 Å². The van der Waals surface area contributed by atoms with Gasteiger partial charge < -0.3 is 10.1 Å². The summed E-state index contributed by atoms with van der Waals surface area (Å²) in [5, 5.41) is 11.6. The number of hydrogen-bond donors (Lipinski definition) is 1. The van der Waals surface area contributed by atoms with Crippen LogP contribution in [-0.4, -0.2) is 24.1 Å². The fraction of sp³-hybridized carbons (Fsp3) is 0.192. The van der Waals surface area contributed by atoms with E-state index in [0.29, 0.717) is 12.8 Å². The molecule has 0 aliphatic carbocycles. The normalized spacial score (nSPS) is 11.0. The average Bonchev–Trinajstić information content (AvgIpc) is 2.90. The largest absolute Gasteiger partial charge is 0.453 e. The van der Waals surface area contributed by atoms with E-state index >= 15 is 4.39 Å². The third kappa shape index (κ3) is 7.40. The quantitative estimate of drug-likeness (QED) is 0.251. The van der Waals surface area contributed by atoms with Crippen LogP contribution in [0.5, 0.6) is 11.5 Å². The molecule has 0 fully saturated rings. The summed E-state index contributed by atoms with van der Waals surface area (Å²) in [6.07, 6.45) is 0.524. The summed E-state index contributed by atoms with van der Waals surface area (Å²) in [6.45, 7) is 1.84. The number of unbranched alkanes of at least 4 members (excludes halogenated alkanes) is 1. The number of para-hydroxylation sites is 1. The Labute approximate surface area is 240 Å². The Morgan fingerprint density at radius 3 is 2.54 bits per heavy atom. The molecule has 0 spiro atoms. The molecule has 13 heteroatoms. The molecule has 3 aromatic rings. The number of nitriles is 1. The number of carbonyl (C=O) groups excluding carboxylic acids is 2. The van der Waals surface area contributed by atoms with Gasteiger partial charge in [-0.1, -0.05) is 54.7 Å². The zero-order chi connectivity index (χ0) is 28.7. The predicted molar refractivity (Wildman–Crippen MR) is 146 cm³/mol. The second-order valence-corrected chi connectivity index (χ2v) is 11.3. The Balaban J connectivity index is 1.84. The van der Waals surface area contributed by atoms with Crippen molar-refractivity contribution < 1.29 is 27.1 Å². The number of benzene rings is 3. The molecule has 0 heterocycles. The molecule has 3 rings (SSSR count). The van der Waals surface area contributed by atoms with Crippen LogP contribution in [0.4, 0.5) is 10.1 Å². The van der Waals surface area contributed by atoms with E-state index in [4.69, 9.17) is 45.0 Å². The second-order valence-electron chi connectivity index (χ2n) is 8.18. The third-order valence-electron chi connectivity index (χ3n) is 5.29. The zero-order valence-electron chi connectivity index (χ0n) is 20.4. The van der Waals surface area contributed by atoms with E-state index in [1.165, 1.54) is 54.6 Å². The first-order valence-corrected chi connectivity index (χ1v) is 14.0. The highest BCUT2D eigenvalue weighted by atomic mass is 35.5. The number of halogens is 4. The van der Waals surface area contributed by atoms with Gasteiger partial charge in [0.1, 0.15) is 10.6 Å². The van der Waals surface area contributed by atoms with Gasteiger partial charge in [-0.05, 0) is 42.8 Å². The van der Waals surface area contributed by atoms with E-state index < -0.39 is 39.0 Å². The molecule has 0 saturated carbocycles. The van der Waals surface area contributed by atoms with E-state index in [-0.39, 0.29) is 48.6 Å². The molecule has 0 aliphatic rings. The van der Waals surface area contributed by atoms with Crippen LogP contribution in [0.15, 0.2) is 59.5 Å². The molecule has 204 valence electrons. The smallest absolute Gasteiger partial charge is 0.282 e. The summed E-state index contributed by atoms with van der Waals surface area (Å²) in [4.78, 5) is 24.6. The molecule has 0 bridgehead atoms. The van der Waals surface area contributed by atoms with Crippen LogP contribution in [0, 0.1) is 17.1 Å². The topological polar surface area (TPSA) is 117 Å². The summed E-state index contributed by atoms with van der Waals surface area (Å²) < 4.78 is 46.9. The van der Waals surface area contributed by atoms with Gasteiger partial charge in [-0.3, -0.25) is 9.59 Å². The number of ether oxygens (including phenoxy) is 1. The van der Waals surface area contributed by atoms with E-state index in [9.17, 15) is 18.0 Å². The van der Waals surface area contributed by atoms with Gasteiger partial charge >= 0.3 is 0 Å². The number of amides is 2. The Hall–Kier alpha value is -3.36. The van der Waals surface area contributed by atoms with Crippen molar-refractivity contribution in [3.63, 3.8) is 0 Å². The maximum absolute atomic E-state index is 15.3. The van der Waals surface area contributed by atoms with Gasteiger partial charge in [-0.25, -0.2) is 4.39 Å². The van der Waals surface area contributed by atoms with E-state index in [1.807, 2.05) is 13.0 Å². The van der Waals surface area contributed by atoms with Crippen LogP contribution in [-0.2, 0) is 26.0 Å². The van der Waals surface area contributed by atoms with Gasteiger partial charge in [0.25, 0.3) is 15.9 Å². The molecular formula is C26H21Cl3FN3O5S. The van der Waals surface area contributed by atoms with Crippen LogP contribution in [0.3, 0.4) is 0 Å². The van der Waals surface area contributed by atoms with Crippen LogP contribution in [0.25, 0.3) is 0 Å². The van der Waals surface area contributed by atoms with E-state index in [1.54, 1.807) is 0 Å². The van der Waals surface area contributed by atoms with Crippen LogP contribution in [0.2, 0.25) is 10.0 Å². The number of sulfonamides is 1. The fourth-order valence-electron chi connectivity index (χ4n) is 3.41. The lowest BCUT2D eigenvalue weighted by atomic mass is 10.1. The molecule has 0 saturated heterocycles. The summed E-state index contributed by atoms with van der Waals surface area (Å²) >= 11 is 17.9. The van der Waals surface area contributed by atoms with E-state index in [0.717, 1.165) is 0 Å². The standard InChI is InChI=1S/C26H21Cl3FN3O5S/c1-2-3-8-24(35)33(29)39(36,37)22-7-5-4-6-21(22)32-23(34)13-17-9-10-20(28)26(25(17)30)38-19-12-16(15-31)11-18(27)14-19/h4-7,9-12,14H,2-3,8,13H2,1H3,(H,32,34). The molecule has 39 heavy (non-hydrogen) atoms. The van der Waals surface area contributed by atoms with Crippen LogP contribution >= 0.6 is 35.0 Å². The first kappa shape index (κ1) is 30.2. The minimum absolute atomic E-state index is 0.0553. The maximum atomic E-state index is 15.3. The summed E-state index contributed by atoms with van der Waals surface area (Å²) in [5.74, 6) is -2.85. The Morgan fingerprint density at radius 1 is 1.13 bits per heavy atom. The second kappa shape index (κ2) is 13.1. The highest BCUT2D eigenvalue weighted by molar-refractivity contribution is 7.90. The number of anilines is 1. The summed E-state index contributed by atoms with van der Waals surface area (Å²) in [7, 11) is -4.49. The van der Waals surface area contributed by atoms with Gasteiger partial charge in [0, 0.05) is 28.8 Å². The minimum Gasteiger partial charge on any atom is -0.453 e. The number of nitrogens with zero attached hydrogens (tertiary/aromatic N) is 2. The van der Waals surface area contributed by atoms with Crippen LogP contribution < -0.4 is 10.1 Å². The SMILES string of the molecule is CCCCC(=O)N(Cl)S(=O)(=O)c1ccccc1NC(=O)Cc1ccc(Cl)c(Oc2cc(Cl)cc(C#N)c2)c1F. The lowest BCUT2D eigenvalue weighted by Gasteiger charge is -2.17. The van der Waals surface area contributed by atoms with Crippen LogP contribution in [0.1, 0.15) is 37.3 Å². The lowest BCUT2D eigenvalue weighted by molar-refractivity contribution is -0.123. The lowest BCUT2D eigenvalue weighted by Crippen LogP contribution is -2.29. The molecule has 2 amide bonds. The highest BCUT2D eigenvalue weighted by Gasteiger charge is 2.30. The third-order valence-corrected chi connectivity index (χ3v) is 8.08. The van der Waals surface area contributed by atoms with Gasteiger partial charge in [0.05, 0.1) is 28.8 Å². The number of carbonyl (C=O) groups is 2. The van der Waals surface area contributed by atoms with Crippen molar-refractivity contribution in [3.8, 4) is 17.6 Å². The molecule has 0 atom stereocenters. The monoisotopic (exact) mass is 611 g/mol. The van der Waals surface area contributed by atoms with Gasteiger partial charge in [-0.2, -0.15) is 13.7 Å². The summed E-state index contributed by atoms with van der Waals surface area (Å²) in [5.41, 5.74) is -0.0745. The molecular weight excluding hydrogens is 592 g/mol. The predicted octanol–water partition coefficient (Wildman–Crippen LogP) is 6.84. The molecule has 8 nitrogen and oxygen atoms in total. The fourth-order valence-corrected chi connectivity index (χ4v) is 5.30. The van der Waals surface area contributed by atoms with Crippen molar-refractivity contribution in [2.45, 2.75) is 37.5 Å². The first-order chi connectivity index (χ1) is 18.5. The zero-order valence-corrected chi connectivity index (χ0v) is 23.5. The molecule has 0 aliphatic heterocycles. The van der Waals surface area contributed by atoms with Gasteiger partial charge in [0.2, 0.25) is 5.91 Å². The molecule has 0 aromatic heterocycles. The molecule has 0 unspecified atom stereocenters. The van der Waals surface area contributed by atoms with Crippen molar-refractivity contribution in [2.75, 3.05) is 5.32 Å². The average molecular weight is 613 g/mol. The van der Waals surface area contributed by atoms with Crippen molar-refractivity contribution in [1.29, 1.82) is 5.26 Å². The number of nitrogens with one attached hydrogen (secondary N) is 1. The van der Waals surface area contributed by atoms with Gasteiger partial charge in [-0.15, -0.1) is 3.82 Å². The van der Waals surface area contributed by atoms with Crippen molar-refractivity contribution >= 4 is 62.5 Å². The van der Waals surface area contributed by atoms with Crippen molar-refractivity contribution in [3.05, 3.63) is 81.6 Å². The summed E-state index contributed by atoms with van der Waals surface area (Å²) in [6, 6.07) is 14.0. The first-order valence-electron chi connectivity index (χ1n) is 11.5. The van der Waals surface area contributed by atoms with E-state index in [2.05, 4.69) is 5.32 Å². The molecule has 1 N–H and O–H groups in total. The number of hydrogen-bond acceptors (Lipinski definition) is 6. The highest BCUT2D eigenvalue weighted by Crippen LogP contribution is 2.35.